The van der Waals surface area contributed by atoms with Crippen LogP contribution in [0.3, 0.4) is 0 Å². The van der Waals surface area contributed by atoms with Gasteiger partial charge in [0.1, 0.15) is 5.75 Å². The first-order valence-corrected chi connectivity index (χ1v) is 7.71. The fourth-order valence-electron chi connectivity index (χ4n) is 2.13. The summed E-state index contributed by atoms with van der Waals surface area (Å²) < 4.78 is 15.9. The predicted molar refractivity (Wildman–Crippen MR) is 86.7 cm³/mol. The van der Waals surface area contributed by atoms with Crippen LogP contribution >= 0.6 is 0 Å². The van der Waals surface area contributed by atoms with Crippen molar-refractivity contribution in [3.8, 4) is 23.5 Å². The number of rotatable bonds is 7. The number of aromatic nitrogens is 2. The molecule has 0 radical (unpaired) electrons. The highest BCUT2D eigenvalue weighted by molar-refractivity contribution is 5.97. The molecule has 1 aromatic heterocycles. The van der Waals surface area contributed by atoms with E-state index in [-0.39, 0.29) is 11.9 Å². The Hall–Kier alpha value is -2.83. The van der Waals surface area contributed by atoms with Gasteiger partial charge in [0, 0.05) is 6.54 Å². The highest BCUT2D eigenvalue weighted by Crippen LogP contribution is 2.29. The molecule has 1 amide bonds. The van der Waals surface area contributed by atoms with E-state index in [0.29, 0.717) is 35.5 Å². The lowest BCUT2D eigenvalue weighted by Crippen LogP contribution is -2.25. The van der Waals surface area contributed by atoms with Crippen molar-refractivity contribution in [3.63, 3.8) is 0 Å². The van der Waals surface area contributed by atoms with Crippen LogP contribution in [-0.4, -0.2) is 36.6 Å². The lowest BCUT2D eigenvalue weighted by Gasteiger charge is -2.11. The van der Waals surface area contributed by atoms with Gasteiger partial charge >= 0.3 is 6.01 Å². The van der Waals surface area contributed by atoms with E-state index in [1.165, 1.54) is 27.1 Å². The van der Waals surface area contributed by atoms with Gasteiger partial charge in [0.05, 0.1) is 25.8 Å². The van der Waals surface area contributed by atoms with Gasteiger partial charge in [-0.05, 0) is 30.9 Å². The van der Waals surface area contributed by atoms with E-state index < -0.39 is 0 Å². The number of para-hydroxylation sites is 1. The highest BCUT2D eigenvalue weighted by atomic mass is 16.5. The van der Waals surface area contributed by atoms with Crippen LogP contribution < -0.4 is 19.5 Å². The summed E-state index contributed by atoms with van der Waals surface area (Å²) in [4.78, 5) is 20.6. The summed E-state index contributed by atoms with van der Waals surface area (Å²) in [7, 11) is 2.98. The minimum absolute atomic E-state index is 0.0497. The van der Waals surface area contributed by atoms with Crippen LogP contribution in [-0.2, 0) is 0 Å². The molecular formula is C17H19N3O4. The molecule has 126 valence electrons. The Bertz CT molecular complexity index is 709. The van der Waals surface area contributed by atoms with Crippen molar-refractivity contribution >= 4 is 5.91 Å². The molecule has 1 aromatic carbocycles. The zero-order valence-corrected chi connectivity index (χ0v) is 13.6. The van der Waals surface area contributed by atoms with Crippen molar-refractivity contribution in [3.05, 3.63) is 35.9 Å². The summed E-state index contributed by atoms with van der Waals surface area (Å²) in [6.07, 6.45) is 2.35. The van der Waals surface area contributed by atoms with Crippen molar-refractivity contribution in [2.45, 2.75) is 12.8 Å². The first-order valence-electron chi connectivity index (χ1n) is 7.71. The number of ether oxygens (including phenoxy) is 3. The summed E-state index contributed by atoms with van der Waals surface area (Å²) >= 11 is 0. The third-order valence-corrected chi connectivity index (χ3v) is 3.66. The van der Waals surface area contributed by atoms with Gasteiger partial charge in [-0.2, -0.15) is 9.97 Å². The SMILES string of the molecule is COc1cc(OC)nc(Oc2ccccc2C(=O)NCC2CC2)n1. The average Bonchev–Trinajstić information content (AvgIpc) is 3.44. The van der Waals surface area contributed by atoms with Crippen LogP contribution in [0.4, 0.5) is 0 Å². The fraction of sp³-hybridized carbons (Fsp3) is 0.353. The Morgan fingerprint density at radius 3 is 2.46 bits per heavy atom. The molecule has 0 saturated heterocycles. The van der Waals surface area contributed by atoms with Crippen LogP contribution in [0.15, 0.2) is 30.3 Å². The minimum Gasteiger partial charge on any atom is -0.481 e. The number of carbonyl (C=O) groups excluding carboxylic acids is 1. The molecule has 0 spiro atoms. The van der Waals surface area contributed by atoms with Gasteiger partial charge in [0.25, 0.3) is 5.91 Å². The van der Waals surface area contributed by atoms with Crippen molar-refractivity contribution in [2.24, 2.45) is 5.92 Å². The van der Waals surface area contributed by atoms with E-state index in [0.717, 1.165) is 0 Å². The van der Waals surface area contributed by atoms with Crippen molar-refractivity contribution in [2.75, 3.05) is 20.8 Å². The van der Waals surface area contributed by atoms with E-state index in [9.17, 15) is 4.79 Å². The molecule has 1 N–H and O–H groups in total. The third-order valence-electron chi connectivity index (χ3n) is 3.66. The molecule has 0 atom stereocenters. The van der Waals surface area contributed by atoms with Crippen LogP contribution in [0, 0.1) is 5.92 Å². The average molecular weight is 329 g/mol. The molecule has 2 aromatic rings. The fourth-order valence-corrected chi connectivity index (χ4v) is 2.13. The van der Waals surface area contributed by atoms with Crippen molar-refractivity contribution < 1.29 is 19.0 Å². The second-order valence-corrected chi connectivity index (χ2v) is 5.49. The highest BCUT2D eigenvalue weighted by Gasteiger charge is 2.23. The third kappa shape index (κ3) is 3.92. The molecule has 1 fully saturated rings. The number of nitrogens with one attached hydrogen (secondary N) is 1. The van der Waals surface area contributed by atoms with E-state index in [4.69, 9.17) is 14.2 Å². The Labute approximate surface area is 140 Å². The van der Waals surface area contributed by atoms with E-state index in [2.05, 4.69) is 15.3 Å². The summed E-state index contributed by atoms with van der Waals surface area (Å²) in [6.45, 7) is 0.691. The smallest absolute Gasteiger partial charge is 0.328 e. The van der Waals surface area contributed by atoms with Crippen molar-refractivity contribution in [1.82, 2.24) is 15.3 Å². The van der Waals surface area contributed by atoms with Gasteiger partial charge in [-0.15, -0.1) is 0 Å². The molecule has 1 saturated carbocycles. The van der Waals surface area contributed by atoms with Crippen LogP contribution in [0.25, 0.3) is 0 Å². The molecule has 0 bridgehead atoms. The van der Waals surface area contributed by atoms with Crippen LogP contribution in [0.2, 0.25) is 0 Å². The Balaban J connectivity index is 1.80. The number of amides is 1. The monoisotopic (exact) mass is 329 g/mol. The van der Waals surface area contributed by atoms with Gasteiger partial charge in [0.2, 0.25) is 11.8 Å². The number of nitrogens with zero attached hydrogens (tertiary/aromatic N) is 2. The second kappa shape index (κ2) is 7.16. The molecule has 1 heterocycles. The van der Waals surface area contributed by atoms with E-state index >= 15 is 0 Å². The van der Waals surface area contributed by atoms with Gasteiger partial charge in [-0.25, -0.2) is 0 Å². The van der Waals surface area contributed by atoms with E-state index in [1.54, 1.807) is 30.3 Å². The maximum absolute atomic E-state index is 12.4. The maximum atomic E-state index is 12.4. The topological polar surface area (TPSA) is 82.6 Å². The standard InChI is InChI=1S/C17H19N3O4/c1-22-14-9-15(23-2)20-17(19-14)24-13-6-4-3-5-12(13)16(21)18-10-11-7-8-11/h3-6,9,11H,7-8,10H2,1-2H3,(H,18,21). The molecule has 0 aliphatic heterocycles. The second-order valence-electron chi connectivity index (χ2n) is 5.49. The number of hydrogen-bond acceptors (Lipinski definition) is 6. The maximum Gasteiger partial charge on any atom is 0.328 e. The Morgan fingerprint density at radius 2 is 1.83 bits per heavy atom. The molecule has 24 heavy (non-hydrogen) atoms. The first kappa shape index (κ1) is 16.0. The van der Waals surface area contributed by atoms with Crippen molar-refractivity contribution in [1.29, 1.82) is 0 Å². The summed E-state index contributed by atoms with van der Waals surface area (Å²) in [6, 6.07) is 8.56. The lowest BCUT2D eigenvalue weighted by atomic mass is 10.2. The normalized spacial score (nSPS) is 13.2. The number of hydrogen-bond donors (Lipinski definition) is 1. The number of benzene rings is 1. The molecular weight excluding hydrogens is 310 g/mol. The van der Waals surface area contributed by atoms with Crippen LogP contribution in [0.1, 0.15) is 23.2 Å². The molecule has 7 heteroatoms. The quantitative estimate of drug-likeness (QED) is 0.840. The first-order chi connectivity index (χ1) is 11.7. The molecule has 1 aliphatic carbocycles. The Kier molecular flexibility index (Phi) is 4.79. The molecule has 7 nitrogen and oxygen atoms in total. The number of carbonyl (C=O) groups is 1. The zero-order valence-electron chi connectivity index (χ0n) is 13.6. The number of methoxy groups -OCH3 is 2. The minimum atomic E-state index is -0.174. The summed E-state index contributed by atoms with van der Waals surface area (Å²) in [5.74, 6) is 1.43. The van der Waals surface area contributed by atoms with Gasteiger partial charge in [0.15, 0.2) is 0 Å². The largest absolute Gasteiger partial charge is 0.481 e. The Morgan fingerprint density at radius 1 is 1.17 bits per heavy atom. The molecule has 1 aliphatic rings. The van der Waals surface area contributed by atoms with E-state index in [1.807, 2.05) is 0 Å². The summed E-state index contributed by atoms with van der Waals surface area (Å²) in [5.41, 5.74) is 0.434. The zero-order chi connectivity index (χ0) is 16.9. The molecule has 0 unspecified atom stereocenters. The summed E-state index contributed by atoms with van der Waals surface area (Å²) in [5, 5.41) is 2.92. The predicted octanol–water partition coefficient (Wildman–Crippen LogP) is 2.43. The molecule has 3 rings (SSSR count). The van der Waals surface area contributed by atoms with Gasteiger partial charge in [-0.1, -0.05) is 12.1 Å². The lowest BCUT2D eigenvalue weighted by molar-refractivity contribution is 0.0949. The van der Waals surface area contributed by atoms with Crippen LogP contribution in [0.5, 0.6) is 23.5 Å². The van der Waals surface area contributed by atoms with Gasteiger partial charge < -0.3 is 19.5 Å². The van der Waals surface area contributed by atoms with Gasteiger partial charge in [-0.3, -0.25) is 4.79 Å².